The Kier molecular flexibility index (Phi) is 3.23. The number of rotatable bonds is 5. The predicted molar refractivity (Wildman–Crippen MR) is 57.4 cm³/mol. The normalized spacial score (nSPS) is 20.9. The van der Waals surface area contributed by atoms with Gasteiger partial charge >= 0.3 is 0 Å². The summed E-state index contributed by atoms with van der Waals surface area (Å²) in [5.41, 5.74) is 5.03. The fourth-order valence-electron chi connectivity index (χ4n) is 1.48. The highest BCUT2D eigenvalue weighted by molar-refractivity contribution is 7.90. The fraction of sp³-hybridized carbons (Fsp3) is 1.00. The summed E-state index contributed by atoms with van der Waals surface area (Å²) in [7, 11) is -3.25. The van der Waals surface area contributed by atoms with Crippen molar-refractivity contribution >= 4 is 10.0 Å². The van der Waals surface area contributed by atoms with Crippen molar-refractivity contribution in [3.63, 3.8) is 0 Å². The molecule has 1 atom stereocenters. The summed E-state index contributed by atoms with van der Waals surface area (Å²) in [5, 5.41) is -0.513. The third-order valence-corrected chi connectivity index (χ3v) is 4.93. The molecule has 84 valence electrons. The minimum atomic E-state index is -3.25. The molecule has 5 heteroatoms. The van der Waals surface area contributed by atoms with Gasteiger partial charge in [-0.15, -0.1) is 0 Å². The molecule has 0 bridgehead atoms. The van der Waals surface area contributed by atoms with Crippen molar-refractivity contribution in [1.82, 2.24) is 4.72 Å². The zero-order valence-corrected chi connectivity index (χ0v) is 9.89. The SMILES string of the molecule is CC(CN)S(=O)(=O)NC(C)(C)C1CC1. The van der Waals surface area contributed by atoms with Gasteiger partial charge < -0.3 is 5.73 Å². The average Bonchev–Trinajstić information content (AvgIpc) is 2.82. The summed E-state index contributed by atoms with van der Waals surface area (Å²) < 4.78 is 26.2. The summed E-state index contributed by atoms with van der Waals surface area (Å²) in [5.74, 6) is 0.488. The van der Waals surface area contributed by atoms with Crippen molar-refractivity contribution in [2.45, 2.75) is 44.4 Å². The topological polar surface area (TPSA) is 72.2 Å². The molecule has 0 aliphatic heterocycles. The Balaban J connectivity index is 2.66. The molecule has 1 saturated carbocycles. The smallest absolute Gasteiger partial charge is 0.215 e. The van der Waals surface area contributed by atoms with E-state index in [2.05, 4.69) is 4.72 Å². The van der Waals surface area contributed by atoms with E-state index in [0.29, 0.717) is 5.92 Å². The second kappa shape index (κ2) is 3.79. The van der Waals surface area contributed by atoms with Gasteiger partial charge in [0.1, 0.15) is 0 Å². The van der Waals surface area contributed by atoms with E-state index in [0.717, 1.165) is 12.8 Å². The van der Waals surface area contributed by atoms with Crippen LogP contribution >= 0.6 is 0 Å². The second-order valence-electron chi connectivity index (χ2n) is 4.69. The largest absolute Gasteiger partial charge is 0.329 e. The lowest BCUT2D eigenvalue weighted by Gasteiger charge is -2.27. The maximum atomic E-state index is 11.7. The number of nitrogens with one attached hydrogen (secondary N) is 1. The van der Waals surface area contributed by atoms with Gasteiger partial charge in [-0.1, -0.05) is 0 Å². The monoisotopic (exact) mass is 220 g/mol. The van der Waals surface area contributed by atoms with E-state index < -0.39 is 15.3 Å². The van der Waals surface area contributed by atoms with Crippen molar-refractivity contribution in [2.24, 2.45) is 11.7 Å². The van der Waals surface area contributed by atoms with Gasteiger partial charge in [-0.2, -0.15) is 0 Å². The van der Waals surface area contributed by atoms with Crippen molar-refractivity contribution in [3.8, 4) is 0 Å². The number of hydrogen-bond acceptors (Lipinski definition) is 3. The van der Waals surface area contributed by atoms with Crippen LogP contribution in [-0.2, 0) is 10.0 Å². The van der Waals surface area contributed by atoms with Crippen LogP contribution in [0.2, 0.25) is 0 Å². The fourth-order valence-corrected chi connectivity index (χ4v) is 2.84. The minimum Gasteiger partial charge on any atom is -0.329 e. The van der Waals surface area contributed by atoms with Crippen LogP contribution in [0.1, 0.15) is 33.6 Å². The van der Waals surface area contributed by atoms with Gasteiger partial charge in [-0.05, 0) is 39.5 Å². The third kappa shape index (κ3) is 2.68. The summed E-state index contributed by atoms with van der Waals surface area (Å²) in [6.07, 6.45) is 2.24. The third-order valence-electron chi connectivity index (χ3n) is 2.86. The summed E-state index contributed by atoms with van der Waals surface area (Å²) in [4.78, 5) is 0. The molecular weight excluding hydrogens is 200 g/mol. The molecule has 1 aliphatic carbocycles. The van der Waals surface area contributed by atoms with E-state index in [1.807, 2.05) is 13.8 Å². The lowest BCUT2D eigenvalue weighted by molar-refractivity contribution is 0.398. The lowest BCUT2D eigenvalue weighted by Crippen LogP contribution is -2.49. The summed E-state index contributed by atoms with van der Waals surface area (Å²) >= 11 is 0. The lowest BCUT2D eigenvalue weighted by atomic mass is 10.0. The summed E-state index contributed by atoms with van der Waals surface area (Å²) in [6, 6.07) is 0. The highest BCUT2D eigenvalue weighted by atomic mass is 32.2. The maximum absolute atomic E-state index is 11.7. The molecule has 14 heavy (non-hydrogen) atoms. The maximum Gasteiger partial charge on any atom is 0.215 e. The Hall–Kier alpha value is -0.130. The molecule has 3 N–H and O–H groups in total. The van der Waals surface area contributed by atoms with Crippen molar-refractivity contribution in [2.75, 3.05) is 6.54 Å². The second-order valence-corrected chi connectivity index (χ2v) is 6.79. The Morgan fingerprint density at radius 3 is 2.36 bits per heavy atom. The minimum absolute atomic E-state index is 0.163. The van der Waals surface area contributed by atoms with Gasteiger partial charge in [0, 0.05) is 12.1 Å². The Bertz CT molecular complexity index is 294. The molecule has 1 unspecified atom stereocenters. The molecule has 0 amide bonds. The van der Waals surface area contributed by atoms with Crippen LogP contribution in [0.4, 0.5) is 0 Å². The highest BCUT2D eigenvalue weighted by Crippen LogP contribution is 2.39. The van der Waals surface area contributed by atoms with E-state index in [9.17, 15) is 8.42 Å². The molecule has 0 aromatic heterocycles. The van der Waals surface area contributed by atoms with Crippen LogP contribution in [0.3, 0.4) is 0 Å². The van der Waals surface area contributed by atoms with Gasteiger partial charge in [0.2, 0.25) is 10.0 Å². The van der Waals surface area contributed by atoms with E-state index in [4.69, 9.17) is 5.73 Å². The van der Waals surface area contributed by atoms with Crippen molar-refractivity contribution < 1.29 is 8.42 Å². The molecule has 0 aromatic rings. The van der Waals surface area contributed by atoms with Gasteiger partial charge in [0.15, 0.2) is 0 Å². The first-order valence-electron chi connectivity index (χ1n) is 5.02. The van der Waals surface area contributed by atoms with Crippen LogP contribution in [0.5, 0.6) is 0 Å². The average molecular weight is 220 g/mol. The molecule has 4 nitrogen and oxygen atoms in total. The standard InChI is InChI=1S/C9H20N2O2S/c1-7(6-10)14(12,13)11-9(2,3)8-4-5-8/h7-8,11H,4-6,10H2,1-3H3. The first kappa shape index (κ1) is 11.9. The Labute approximate surface area is 86.3 Å². The first-order chi connectivity index (χ1) is 6.29. The van der Waals surface area contributed by atoms with E-state index in [1.165, 1.54) is 0 Å². The van der Waals surface area contributed by atoms with Crippen LogP contribution in [0.15, 0.2) is 0 Å². The molecule has 1 fully saturated rings. The number of sulfonamides is 1. The quantitative estimate of drug-likeness (QED) is 0.706. The first-order valence-corrected chi connectivity index (χ1v) is 6.57. The Morgan fingerprint density at radius 2 is 2.00 bits per heavy atom. The zero-order chi connectivity index (χ0) is 11.0. The van der Waals surface area contributed by atoms with Gasteiger partial charge in [0.25, 0.3) is 0 Å². The number of hydrogen-bond donors (Lipinski definition) is 2. The van der Waals surface area contributed by atoms with E-state index in [1.54, 1.807) is 6.92 Å². The number of nitrogens with two attached hydrogens (primary N) is 1. The van der Waals surface area contributed by atoms with Crippen LogP contribution in [-0.4, -0.2) is 25.8 Å². The Morgan fingerprint density at radius 1 is 1.50 bits per heavy atom. The van der Waals surface area contributed by atoms with Gasteiger partial charge in [-0.3, -0.25) is 0 Å². The van der Waals surface area contributed by atoms with E-state index >= 15 is 0 Å². The zero-order valence-electron chi connectivity index (χ0n) is 9.08. The molecular formula is C9H20N2O2S. The molecule has 1 aliphatic rings. The van der Waals surface area contributed by atoms with Crippen LogP contribution in [0, 0.1) is 5.92 Å². The highest BCUT2D eigenvalue weighted by Gasteiger charge is 2.41. The van der Waals surface area contributed by atoms with E-state index in [-0.39, 0.29) is 12.1 Å². The van der Waals surface area contributed by atoms with Crippen LogP contribution < -0.4 is 10.5 Å². The molecule has 0 aromatic carbocycles. The molecule has 0 heterocycles. The van der Waals surface area contributed by atoms with Crippen molar-refractivity contribution in [3.05, 3.63) is 0 Å². The predicted octanol–water partition coefficient (Wildman–Crippen LogP) is 0.442. The van der Waals surface area contributed by atoms with Crippen molar-refractivity contribution in [1.29, 1.82) is 0 Å². The molecule has 0 spiro atoms. The van der Waals surface area contributed by atoms with Crippen LogP contribution in [0.25, 0.3) is 0 Å². The molecule has 0 saturated heterocycles. The van der Waals surface area contributed by atoms with Gasteiger partial charge in [-0.25, -0.2) is 13.1 Å². The molecule has 0 radical (unpaired) electrons. The molecule has 1 rings (SSSR count). The van der Waals surface area contributed by atoms with Gasteiger partial charge in [0.05, 0.1) is 5.25 Å². The summed E-state index contributed by atoms with van der Waals surface area (Å²) in [6.45, 7) is 5.66.